The van der Waals surface area contributed by atoms with E-state index in [1.165, 1.54) is 0 Å². The van der Waals surface area contributed by atoms with Crippen LogP contribution in [0, 0.1) is 5.92 Å². The smallest absolute Gasteiger partial charge is 0.235 e. The highest BCUT2D eigenvalue weighted by atomic mass is 32.2. The van der Waals surface area contributed by atoms with Gasteiger partial charge in [-0.1, -0.05) is 6.92 Å². The van der Waals surface area contributed by atoms with Crippen molar-refractivity contribution in [1.29, 1.82) is 0 Å². The zero-order valence-electron chi connectivity index (χ0n) is 7.61. The third-order valence-electron chi connectivity index (χ3n) is 1.25. The minimum atomic E-state index is -3.28. The first kappa shape index (κ1) is 12.1. The van der Waals surface area contributed by atoms with E-state index in [2.05, 4.69) is 5.32 Å². The molecule has 0 aromatic rings. The maximum Gasteiger partial charge on any atom is 0.235 e. The molecule has 76 valence electrons. The van der Waals surface area contributed by atoms with E-state index >= 15 is 0 Å². The molecule has 6 heteroatoms. The summed E-state index contributed by atoms with van der Waals surface area (Å²) in [7, 11) is -3.28. The van der Waals surface area contributed by atoms with Crippen molar-refractivity contribution in [3.63, 3.8) is 0 Å². The average molecular weight is 207 g/mol. The van der Waals surface area contributed by atoms with E-state index in [9.17, 15) is 18.0 Å². The molecular weight excluding hydrogens is 194 g/mol. The first-order valence-electron chi connectivity index (χ1n) is 3.75. The molecule has 1 atom stereocenters. The first-order valence-corrected chi connectivity index (χ1v) is 5.81. The fourth-order valence-corrected chi connectivity index (χ4v) is 1.19. The fraction of sp³-hybridized carbons (Fsp3) is 0.714. The Balaban J connectivity index is 3.83. The highest BCUT2D eigenvalue weighted by Crippen LogP contribution is 1.86. The second-order valence-corrected chi connectivity index (χ2v) is 5.13. The number of rotatable bonds is 5. The lowest BCUT2D eigenvalue weighted by Gasteiger charge is -2.05. The van der Waals surface area contributed by atoms with Gasteiger partial charge in [-0.3, -0.25) is 4.79 Å². The second-order valence-electron chi connectivity index (χ2n) is 2.99. The predicted molar refractivity (Wildman–Crippen MR) is 47.9 cm³/mol. The Hall–Kier alpha value is -0.910. The topological polar surface area (TPSA) is 80.3 Å². The van der Waals surface area contributed by atoms with Crippen LogP contribution in [-0.4, -0.2) is 39.2 Å². The van der Waals surface area contributed by atoms with E-state index in [1.54, 1.807) is 6.92 Å². The third kappa shape index (κ3) is 7.45. The summed E-state index contributed by atoms with van der Waals surface area (Å²) in [5.74, 6) is -1.39. The van der Waals surface area contributed by atoms with Gasteiger partial charge >= 0.3 is 0 Å². The molecule has 0 aliphatic heterocycles. The quantitative estimate of drug-likeness (QED) is 0.585. The molecule has 0 aromatic carbocycles. The van der Waals surface area contributed by atoms with E-state index in [-0.39, 0.29) is 12.5 Å². The van der Waals surface area contributed by atoms with E-state index in [0.717, 1.165) is 6.26 Å². The van der Waals surface area contributed by atoms with Gasteiger partial charge in [0.05, 0.1) is 0 Å². The Morgan fingerprint density at radius 1 is 1.54 bits per heavy atom. The Morgan fingerprint density at radius 3 is 2.46 bits per heavy atom. The summed E-state index contributed by atoms with van der Waals surface area (Å²) < 4.78 is 21.3. The third-order valence-corrected chi connectivity index (χ3v) is 2.03. The van der Waals surface area contributed by atoms with Crippen LogP contribution >= 0.6 is 0 Å². The molecule has 1 amide bonds. The number of sulfone groups is 1. The van der Waals surface area contributed by atoms with Crippen molar-refractivity contribution in [3.05, 3.63) is 0 Å². The van der Waals surface area contributed by atoms with E-state index < -0.39 is 21.5 Å². The van der Waals surface area contributed by atoms with Gasteiger partial charge in [0.2, 0.25) is 5.91 Å². The van der Waals surface area contributed by atoms with Gasteiger partial charge in [0.1, 0.15) is 12.0 Å². The molecule has 13 heavy (non-hydrogen) atoms. The van der Waals surface area contributed by atoms with Crippen LogP contribution in [0.2, 0.25) is 0 Å². The van der Waals surface area contributed by atoms with Crippen molar-refractivity contribution < 1.29 is 18.0 Å². The lowest BCUT2D eigenvalue weighted by atomic mass is 10.2. The Morgan fingerprint density at radius 2 is 2.08 bits per heavy atom. The van der Waals surface area contributed by atoms with Gasteiger partial charge in [-0.25, -0.2) is 8.42 Å². The fourth-order valence-electron chi connectivity index (χ4n) is 0.612. The molecule has 0 rings (SSSR count). The van der Waals surface area contributed by atoms with E-state index in [4.69, 9.17) is 0 Å². The van der Waals surface area contributed by atoms with Crippen LogP contribution in [0.3, 0.4) is 0 Å². The molecule has 0 radical (unpaired) electrons. The molecule has 0 aromatic heterocycles. The van der Waals surface area contributed by atoms with Gasteiger partial charge in [-0.2, -0.15) is 0 Å². The number of hydrogen-bond donors (Lipinski definition) is 1. The number of nitrogens with one attached hydrogen (secondary N) is 1. The van der Waals surface area contributed by atoms with Gasteiger partial charge in [-0.15, -0.1) is 0 Å². The molecule has 0 spiro atoms. The number of amides is 1. The molecule has 1 unspecified atom stereocenters. The van der Waals surface area contributed by atoms with Crippen molar-refractivity contribution >= 4 is 22.0 Å². The summed E-state index contributed by atoms with van der Waals surface area (Å²) in [5, 5.41) is 2.34. The van der Waals surface area contributed by atoms with Crippen LogP contribution < -0.4 is 5.32 Å². The maximum absolute atomic E-state index is 10.9. The second kappa shape index (κ2) is 4.96. The highest BCUT2D eigenvalue weighted by Gasteiger charge is 2.10. The van der Waals surface area contributed by atoms with Crippen molar-refractivity contribution in [2.45, 2.75) is 6.92 Å². The average Bonchev–Trinajstić information content (AvgIpc) is 1.97. The Bertz CT molecular complexity index is 283. The Labute approximate surface area is 77.4 Å². The largest absolute Gasteiger partial charge is 0.355 e. The van der Waals surface area contributed by atoms with Crippen molar-refractivity contribution in [3.8, 4) is 0 Å². The first-order chi connectivity index (χ1) is 5.85. The van der Waals surface area contributed by atoms with Crippen LogP contribution in [0.4, 0.5) is 0 Å². The van der Waals surface area contributed by atoms with Crippen LogP contribution in [0.15, 0.2) is 0 Å². The van der Waals surface area contributed by atoms with E-state index in [0.29, 0.717) is 6.29 Å². The number of carbonyl (C=O) groups excluding carboxylic acids is 2. The summed E-state index contributed by atoms with van der Waals surface area (Å²) in [5.41, 5.74) is 0. The maximum atomic E-state index is 10.9. The van der Waals surface area contributed by atoms with Crippen LogP contribution in [-0.2, 0) is 19.4 Å². The van der Waals surface area contributed by atoms with Crippen molar-refractivity contribution in [2.75, 3.05) is 18.6 Å². The predicted octanol–water partition coefficient (Wildman–Crippen LogP) is -1.02. The molecule has 0 aliphatic rings. The molecule has 0 saturated heterocycles. The van der Waals surface area contributed by atoms with Crippen molar-refractivity contribution in [1.82, 2.24) is 5.32 Å². The van der Waals surface area contributed by atoms with Gasteiger partial charge in [-0.05, 0) is 0 Å². The number of carbonyl (C=O) groups is 2. The van der Waals surface area contributed by atoms with Crippen LogP contribution in [0.5, 0.6) is 0 Å². The minimum Gasteiger partial charge on any atom is -0.355 e. The normalized spacial score (nSPS) is 13.4. The summed E-state index contributed by atoms with van der Waals surface area (Å²) in [6.07, 6.45) is 1.68. The summed E-state index contributed by atoms with van der Waals surface area (Å²) >= 11 is 0. The number of aldehydes is 1. The molecule has 0 saturated carbocycles. The standard InChI is InChI=1S/C7H13NO4S/c1-6(4-9)3-8-7(10)5-13(2,11)12/h4,6H,3,5H2,1-2H3,(H,8,10). The van der Waals surface area contributed by atoms with Gasteiger partial charge < -0.3 is 10.1 Å². The van der Waals surface area contributed by atoms with Gasteiger partial charge in [0.25, 0.3) is 0 Å². The van der Waals surface area contributed by atoms with Crippen molar-refractivity contribution in [2.24, 2.45) is 5.92 Å². The zero-order chi connectivity index (χ0) is 10.5. The lowest BCUT2D eigenvalue weighted by molar-refractivity contribution is -0.119. The monoisotopic (exact) mass is 207 g/mol. The van der Waals surface area contributed by atoms with Crippen LogP contribution in [0.1, 0.15) is 6.92 Å². The molecule has 0 fully saturated rings. The minimum absolute atomic E-state index is 0.178. The molecule has 5 nitrogen and oxygen atoms in total. The SMILES string of the molecule is CC(C=O)CNC(=O)CS(C)(=O)=O. The summed E-state index contributed by atoms with van der Waals surface area (Å²) in [6.45, 7) is 1.81. The summed E-state index contributed by atoms with van der Waals surface area (Å²) in [6, 6.07) is 0. The van der Waals surface area contributed by atoms with Crippen LogP contribution in [0.25, 0.3) is 0 Å². The highest BCUT2D eigenvalue weighted by molar-refractivity contribution is 7.91. The van der Waals surface area contributed by atoms with E-state index in [1.807, 2.05) is 0 Å². The van der Waals surface area contributed by atoms with Gasteiger partial charge in [0.15, 0.2) is 9.84 Å². The molecule has 0 aliphatic carbocycles. The lowest BCUT2D eigenvalue weighted by Crippen LogP contribution is -2.33. The molecule has 1 N–H and O–H groups in total. The zero-order valence-corrected chi connectivity index (χ0v) is 8.43. The molecular formula is C7H13NO4S. The molecule has 0 heterocycles. The Kier molecular flexibility index (Phi) is 4.61. The molecule has 0 bridgehead atoms. The van der Waals surface area contributed by atoms with Gasteiger partial charge in [0, 0.05) is 18.7 Å². The number of hydrogen-bond acceptors (Lipinski definition) is 4. The summed E-state index contributed by atoms with van der Waals surface area (Å²) in [4.78, 5) is 21.0.